The molecule has 4 rings (SSSR count). The largest absolute Gasteiger partial charge is 0.387 e. The minimum atomic E-state index is -0.244. The van der Waals surface area contributed by atoms with Crippen LogP contribution in [0.1, 0.15) is 42.9 Å². The molecule has 0 unspecified atom stereocenters. The van der Waals surface area contributed by atoms with Gasteiger partial charge in [-0.1, -0.05) is 65.8 Å². The van der Waals surface area contributed by atoms with Gasteiger partial charge in [0.15, 0.2) is 6.10 Å². The summed E-state index contributed by atoms with van der Waals surface area (Å²) in [5, 5.41) is 7.24. The van der Waals surface area contributed by atoms with Crippen molar-refractivity contribution in [3.8, 4) is 0 Å². The maximum atomic E-state index is 12.7. The van der Waals surface area contributed by atoms with Crippen molar-refractivity contribution in [2.24, 2.45) is 5.16 Å². The molecule has 1 N–H and O–H groups in total. The van der Waals surface area contributed by atoms with Crippen molar-refractivity contribution in [3.05, 3.63) is 71.8 Å². The molecule has 0 aromatic heterocycles. The summed E-state index contributed by atoms with van der Waals surface area (Å²) in [4.78, 5) is 18.2. The molecule has 24 heavy (non-hydrogen) atoms. The molecular formula is C20H20N2O2. The molecule has 1 aliphatic carbocycles. The van der Waals surface area contributed by atoms with Crippen LogP contribution in [0.2, 0.25) is 0 Å². The van der Waals surface area contributed by atoms with E-state index in [-0.39, 0.29) is 17.6 Å². The molecule has 0 bridgehead atoms. The van der Waals surface area contributed by atoms with Crippen LogP contribution in [0.25, 0.3) is 0 Å². The van der Waals surface area contributed by atoms with E-state index in [4.69, 9.17) is 4.84 Å². The number of carbonyl (C=O) groups excluding carboxylic acids is 1. The van der Waals surface area contributed by atoms with Crippen molar-refractivity contribution in [1.82, 2.24) is 5.32 Å². The van der Waals surface area contributed by atoms with Crippen molar-refractivity contribution < 1.29 is 9.63 Å². The highest BCUT2D eigenvalue weighted by Crippen LogP contribution is 2.41. The van der Waals surface area contributed by atoms with E-state index in [2.05, 4.69) is 22.6 Å². The smallest absolute Gasteiger partial charge is 0.269 e. The predicted octanol–water partition coefficient (Wildman–Crippen LogP) is 3.70. The van der Waals surface area contributed by atoms with Gasteiger partial charge in [0.2, 0.25) is 0 Å². The first kappa shape index (κ1) is 14.9. The van der Waals surface area contributed by atoms with E-state index in [9.17, 15) is 4.79 Å². The van der Waals surface area contributed by atoms with E-state index in [1.165, 1.54) is 5.56 Å². The summed E-state index contributed by atoms with van der Waals surface area (Å²) in [5.74, 6) is -0.114. The summed E-state index contributed by atoms with van der Waals surface area (Å²) in [6.45, 7) is 0. The Balaban J connectivity index is 1.45. The fraction of sp³-hybridized carbons (Fsp3) is 0.300. The Kier molecular flexibility index (Phi) is 3.81. The molecule has 2 aromatic carbocycles. The first-order valence-electron chi connectivity index (χ1n) is 8.42. The van der Waals surface area contributed by atoms with Crippen molar-refractivity contribution in [2.75, 3.05) is 0 Å². The third kappa shape index (κ3) is 2.68. The van der Waals surface area contributed by atoms with E-state index >= 15 is 0 Å². The van der Waals surface area contributed by atoms with E-state index in [1.54, 1.807) is 0 Å². The standard InChI is InChI=1S/C20H20N2O2/c23-19(17-14-18(24-22-17)15-8-3-1-4-9-15)21-20(12-7-13-20)16-10-5-2-6-11-16/h1-6,8-11,18H,7,12-14H2,(H,21,23)/t18-/m1/s1. The second-order valence-corrected chi connectivity index (χ2v) is 6.50. The summed E-state index contributed by atoms with van der Waals surface area (Å²) >= 11 is 0. The zero-order valence-electron chi connectivity index (χ0n) is 13.4. The minimum Gasteiger partial charge on any atom is -0.387 e. The number of nitrogens with one attached hydrogen (secondary N) is 1. The number of nitrogens with zero attached hydrogens (tertiary/aromatic N) is 1. The van der Waals surface area contributed by atoms with Gasteiger partial charge in [0, 0.05) is 6.42 Å². The normalized spacial score (nSPS) is 21.3. The predicted molar refractivity (Wildman–Crippen MR) is 92.4 cm³/mol. The molecule has 2 aliphatic rings. The van der Waals surface area contributed by atoms with Gasteiger partial charge in [-0.05, 0) is 30.4 Å². The third-order valence-electron chi connectivity index (χ3n) is 4.99. The van der Waals surface area contributed by atoms with Crippen LogP contribution in [0.15, 0.2) is 65.8 Å². The van der Waals surface area contributed by atoms with E-state index in [0.717, 1.165) is 24.8 Å². The van der Waals surface area contributed by atoms with Crippen LogP contribution in [0.3, 0.4) is 0 Å². The SMILES string of the molecule is O=C(NC1(c2ccccc2)CCC1)C1=NO[C@@H](c2ccccc2)C1. The highest BCUT2D eigenvalue weighted by Gasteiger charge is 2.41. The third-order valence-corrected chi connectivity index (χ3v) is 4.99. The Morgan fingerprint density at radius 3 is 2.33 bits per heavy atom. The summed E-state index contributed by atoms with van der Waals surface area (Å²) in [6.07, 6.45) is 3.42. The van der Waals surface area contributed by atoms with Crippen LogP contribution in [-0.2, 0) is 15.2 Å². The molecule has 1 heterocycles. The zero-order chi connectivity index (χ0) is 16.4. The van der Waals surface area contributed by atoms with Gasteiger partial charge in [-0.25, -0.2) is 0 Å². The number of hydrogen-bond donors (Lipinski definition) is 1. The zero-order valence-corrected chi connectivity index (χ0v) is 13.4. The number of amides is 1. The lowest BCUT2D eigenvalue weighted by Crippen LogP contribution is -2.52. The van der Waals surface area contributed by atoms with Gasteiger partial charge in [-0.2, -0.15) is 0 Å². The lowest BCUT2D eigenvalue weighted by atomic mass is 9.71. The number of oxime groups is 1. The molecule has 1 fully saturated rings. The number of rotatable bonds is 4. The maximum Gasteiger partial charge on any atom is 0.269 e. The van der Waals surface area contributed by atoms with Gasteiger partial charge in [-0.15, -0.1) is 0 Å². The van der Waals surface area contributed by atoms with Gasteiger partial charge in [-0.3, -0.25) is 4.79 Å². The maximum absolute atomic E-state index is 12.7. The minimum absolute atomic E-state index is 0.114. The average Bonchev–Trinajstić information content (AvgIpc) is 3.10. The van der Waals surface area contributed by atoms with Gasteiger partial charge in [0.1, 0.15) is 5.71 Å². The van der Waals surface area contributed by atoms with Crippen LogP contribution in [0.4, 0.5) is 0 Å². The molecule has 4 nitrogen and oxygen atoms in total. The van der Waals surface area contributed by atoms with Crippen LogP contribution < -0.4 is 5.32 Å². The average molecular weight is 320 g/mol. The molecular weight excluding hydrogens is 300 g/mol. The van der Waals surface area contributed by atoms with Gasteiger partial charge in [0.25, 0.3) is 5.91 Å². The van der Waals surface area contributed by atoms with Gasteiger partial charge in [0.05, 0.1) is 5.54 Å². The van der Waals surface area contributed by atoms with Gasteiger partial charge >= 0.3 is 0 Å². The fourth-order valence-electron chi connectivity index (χ4n) is 3.42. The van der Waals surface area contributed by atoms with Crippen molar-refractivity contribution in [1.29, 1.82) is 0 Å². The van der Waals surface area contributed by atoms with Crippen LogP contribution in [0, 0.1) is 0 Å². The van der Waals surface area contributed by atoms with Crippen LogP contribution in [-0.4, -0.2) is 11.6 Å². The van der Waals surface area contributed by atoms with Crippen molar-refractivity contribution in [2.45, 2.75) is 37.3 Å². The topological polar surface area (TPSA) is 50.7 Å². The Labute approximate surface area is 141 Å². The molecule has 1 aliphatic heterocycles. The fourth-order valence-corrected chi connectivity index (χ4v) is 3.42. The first-order valence-corrected chi connectivity index (χ1v) is 8.42. The Bertz CT molecular complexity index is 752. The molecule has 1 atom stereocenters. The summed E-state index contributed by atoms with van der Waals surface area (Å²) < 4.78 is 0. The highest BCUT2D eigenvalue weighted by molar-refractivity contribution is 6.39. The number of benzene rings is 2. The summed E-state index contributed by atoms with van der Waals surface area (Å²) in [6, 6.07) is 20.1. The number of carbonyl (C=O) groups is 1. The molecule has 0 saturated heterocycles. The Hall–Kier alpha value is -2.62. The van der Waals surface area contributed by atoms with Crippen LogP contribution in [0.5, 0.6) is 0 Å². The monoisotopic (exact) mass is 320 g/mol. The molecule has 0 radical (unpaired) electrons. The Morgan fingerprint density at radius 2 is 1.71 bits per heavy atom. The lowest BCUT2D eigenvalue weighted by Gasteiger charge is -2.43. The lowest BCUT2D eigenvalue weighted by molar-refractivity contribution is -0.118. The number of hydrogen-bond acceptors (Lipinski definition) is 3. The molecule has 122 valence electrons. The molecule has 4 heteroatoms. The first-order chi connectivity index (χ1) is 11.8. The van der Waals surface area contributed by atoms with E-state index in [1.807, 2.05) is 48.5 Å². The van der Waals surface area contributed by atoms with E-state index in [0.29, 0.717) is 12.1 Å². The van der Waals surface area contributed by atoms with Crippen molar-refractivity contribution >= 4 is 11.6 Å². The van der Waals surface area contributed by atoms with E-state index < -0.39 is 0 Å². The second-order valence-electron chi connectivity index (χ2n) is 6.50. The summed E-state index contributed by atoms with van der Waals surface area (Å²) in [5.41, 5.74) is 2.45. The highest BCUT2D eigenvalue weighted by atomic mass is 16.6. The quantitative estimate of drug-likeness (QED) is 0.934. The van der Waals surface area contributed by atoms with Crippen molar-refractivity contribution in [3.63, 3.8) is 0 Å². The molecule has 1 saturated carbocycles. The van der Waals surface area contributed by atoms with Crippen LogP contribution >= 0.6 is 0 Å². The Morgan fingerprint density at radius 1 is 1.04 bits per heavy atom. The molecule has 0 spiro atoms. The molecule has 1 amide bonds. The summed E-state index contributed by atoms with van der Waals surface area (Å²) in [7, 11) is 0. The molecule has 2 aromatic rings. The van der Waals surface area contributed by atoms with Gasteiger partial charge < -0.3 is 10.2 Å². The second kappa shape index (κ2) is 6.11.